The van der Waals surface area contributed by atoms with E-state index in [2.05, 4.69) is 20.9 Å². The molecule has 0 aromatic heterocycles. The molecular formula is C20H39N7O6. The Kier molecular flexibility index (Phi) is 13.7. The van der Waals surface area contributed by atoms with Crippen LogP contribution in [0.25, 0.3) is 0 Å². The maximum absolute atomic E-state index is 13.0. The predicted molar refractivity (Wildman–Crippen MR) is 123 cm³/mol. The van der Waals surface area contributed by atoms with E-state index >= 15 is 0 Å². The Morgan fingerprint density at radius 1 is 0.879 bits per heavy atom. The maximum atomic E-state index is 13.0. The molecule has 0 heterocycles. The van der Waals surface area contributed by atoms with E-state index in [4.69, 9.17) is 22.3 Å². The van der Waals surface area contributed by atoms with Crippen LogP contribution in [0, 0.1) is 11.8 Å². The Labute approximate surface area is 193 Å². The number of aliphatic hydroxyl groups is 1. The molecule has 0 rings (SSSR count). The number of carboxylic acids is 1. The SMILES string of the molecule is CC(C)CC(NC(=O)C(N)C(C)C)C(=O)NC(CCCN=C(N)N)C(=O)NC(CO)C(=O)O. The number of carbonyl (C=O) groups is 4. The zero-order valence-corrected chi connectivity index (χ0v) is 19.7. The molecule has 0 radical (unpaired) electrons. The van der Waals surface area contributed by atoms with Gasteiger partial charge in [-0.25, -0.2) is 4.79 Å². The number of carbonyl (C=O) groups excluding carboxylic acids is 3. The molecule has 0 aliphatic heterocycles. The van der Waals surface area contributed by atoms with E-state index < -0.39 is 54.5 Å². The molecule has 3 amide bonds. The zero-order chi connectivity index (χ0) is 25.7. The molecule has 0 aliphatic rings. The molecule has 190 valence electrons. The molecule has 4 atom stereocenters. The van der Waals surface area contributed by atoms with Gasteiger partial charge in [-0.05, 0) is 31.1 Å². The Morgan fingerprint density at radius 2 is 1.39 bits per heavy atom. The molecule has 13 nitrogen and oxygen atoms in total. The van der Waals surface area contributed by atoms with E-state index in [-0.39, 0.29) is 30.8 Å². The molecule has 0 saturated carbocycles. The van der Waals surface area contributed by atoms with Gasteiger partial charge in [0.1, 0.15) is 18.1 Å². The Hall–Kier alpha value is -2.93. The lowest BCUT2D eigenvalue weighted by atomic mass is 10.00. The van der Waals surface area contributed by atoms with Gasteiger partial charge in [0.25, 0.3) is 0 Å². The molecule has 0 aliphatic carbocycles. The van der Waals surface area contributed by atoms with Crippen molar-refractivity contribution in [2.75, 3.05) is 13.2 Å². The maximum Gasteiger partial charge on any atom is 0.328 e. The molecule has 0 fully saturated rings. The summed E-state index contributed by atoms with van der Waals surface area (Å²) in [7, 11) is 0. The van der Waals surface area contributed by atoms with Gasteiger partial charge in [-0.15, -0.1) is 0 Å². The molecule has 0 spiro atoms. The van der Waals surface area contributed by atoms with Gasteiger partial charge in [0, 0.05) is 6.54 Å². The normalized spacial score (nSPS) is 14.7. The first kappa shape index (κ1) is 30.1. The number of aliphatic carboxylic acids is 1. The fourth-order valence-electron chi connectivity index (χ4n) is 2.78. The second-order valence-corrected chi connectivity index (χ2v) is 8.55. The van der Waals surface area contributed by atoms with Crippen LogP contribution < -0.4 is 33.2 Å². The van der Waals surface area contributed by atoms with Crippen molar-refractivity contribution in [3.8, 4) is 0 Å². The Balaban J connectivity index is 5.53. The average molecular weight is 474 g/mol. The van der Waals surface area contributed by atoms with Crippen molar-refractivity contribution in [1.29, 1.82) is 0 Å². The van der Waals surface area contributed by atoms with E-state index in [1.54, 1.807) is 13.8 Å². The second kappa shape index (κ2) is 15.0. The highest BCUT2D eigenvalue weighted by molar-refractivity contribution is 5.94. The number of carboxylic acid groups (broad SMARTS) is 1. The monoisotopic (exact) mass is 473 g/mol. The Bertz CT molecular complexity index is 694. The minimum atomic E-state index is -1.54. The molecule has 13 heteroatoms. The number of guanidine groups is 1. The fraction of sp³-hybridized carbons (Fsp3) is 0.750. The molecule has 0 bridgehead atoms. The van der Waals surface area contributed by atoms with Crippen molar-refractivity contribution >= 4 is 29.7 Å². The third-order valence-corrected chi connectivity index (χ3v) is 4.74. The van der Waals surface area contributed by atoms with Crippen LogP contribution >= 0.6 is 0 Å². The third-order valence-electron chi connectivity index (χ3n) is 4.74. The van der Waals surface area contributed by atoms with Gasteiger partial charge in [-0.1, -0.05) is 27.7 Å². The summed E-state index contributed by atoms with van der Waals surface area (Å²) in [6.07, 6.45) is 0.672. The lowest BCUT2D eigenvalue weighted by Crippen LogP contribution is -2.58. The fourth-order valence-corrected chi connectivity index (χ4v) is 2.78. The van der Waals surface area contributed by atoms with Gasteiger partial charge in [-0.3, -0.25) is 19.4 Å². The van der Waals surface area contributed by atoms with E-state index in [1.807, 2.05) is 13.8 Å². The Morgan fingerprint density at radius 3 is 1.85 bits per heavy atom. The van der Waals surface area contributed by atoms with Crippen LogP contribution in [0.3, 0.4) is 0 Å². The minimum Gasteiger partial charge on any atom is -0.480 e. The summed E-state index contributed by atoms with van der Waals surface area (Å²) in [5, 5.41) is 25.6. The second-order valence-electron chi connectivity index (χ2n) is 8.55. The topological polar surface area (TPSA) is 235 Å². The highest BCUT2D eigenvalue weighted by Gasteiger charge is 2.30. The number of aliphatic imine (C=N–C) groups is 1. The number of nitrogens with zero attached hydrogens (tertiary/aromatic N) is 1. The van der Waals surface area contributed by atoms with Gasteiger partial charge < -0.3 is 43.4 Å². The van der Waals surface area contributed by atoms with Crippen LogP contribution in [-0.2, 0) is 19.2 Å². The van der Waals surface area contributed by atoms with Crippen LogP contribution in [-0.4, -0.2) is 77.2 Å². The molecule has 11 N–H and O–H groups in total. The largest absolute Gasteiger partial charge is 0.480 e. The van der Waals surface area contributed by atoms with Crippen molar-refractivity contribution in [3.05, 3.63) is 0 Å². The third kappa shape index (κ3) is 12.0. The van der Waals surface area contributed by atoms with Gasteiger partial charge in [0.05, 0.1) is 12.6 Å². The summed E-state index contributed by atoms with van der Waals surface area (Å²) in [5.74, 6) is -3.58. The van der Waals surface area contributed by atoms with Crippen LogP contribution in [0.1, 0.15) is 47.0 Å². The van der Waals surface area contributed by atoms with E-state index in [1.165, 1.54) is 0 Å². The first-order valence-corrected chi connectivity index (χ1v) is 10.9. The molecule has 0 aromatic rings. The lowest BCUT2D eigenvalue weighted by Gasteiger charge is -2.26. The van der Waals surface area contributed by atoms with E-state index in [0.29, 0.717) is 12.8 Å². The zero-order valence-electron chi connectivity index (χ0n) is 19.7. The molecule has 4 unspecified atom stereocenters. The van der Waals surface area contributed by atoms with Crippen molar-refractivity contribution in [2.45, 2.75) is 71.1 Å². The van der Waals surface area contributed by atoms with E-state index in [0.717, 1.165) is 0 Å². The summed E-state index contributed by atoms with van der Waals surface area (Å²) < 4.78 is 0. The van der Waals surface area contributed by atoms with Crippen molar-refractivity contribution in [3.63, 3.8) is 0 Å². The van der Waals surface area contributed by atoms with Crippen LogP contribution in [0.2, 0.25) is 0 Å². The molecule has 0 saturated heterocycles. The number of aliphatic hydroxyl groups excluding tert-OH is 1. The number of amides is 3. The number of nitrogens with two attached hydrogens (primary N) is 3. The van der Waals surface area contributed by atoms with Gasteiger partial charge in [0.15, 0.2) is 5.96 Å². The van der Waals surface area contributed by atoms with Gasteiger partial charge in [0.2, 0.25) is 17.7 Å². The van der Waals surface area contributed by atoms with Gasteiger partial charge in [-0.2, -0.15) is 0 Å². The first-order valence-electron chi connectivity index (χ1n) is 10.9. The lowest BCUT2D eigenvalue weighted by molar-refractivity contribution is -0.143. The van der Waals surface area contributed by atoms with Crippen molar-refractivity contribution in [1.82, 2.24) is 16.0 Å². The van der Waals surface area contributed by atoms with Crippen molar-refractivity contribution in [2.24, 2.45) is 34.0 Å². The number of hydrogen-bond acceptors (Lipinski definition) is 7. The average Bonchev–Trinajstić information content (AvgIpc) is 2.71. The molecular weight excluding hydrogens is 434 g/mol. The minimum absolute atomic E-state index is 0.0382. The number of hydrogen-bond donors (Lipinski definition) is 8. The summed E-state index contributed by atoms with van der Waals surface area (Å²) >= 11 is 0. The summed E-state index contributed by atoms with van der Waals surface area (Å²) in [4.78, 5) is 53.0. The van der Waals surface area contributed by atoms with E-state index in [9.17, 15) is 24.3 Å². The quantitative estimate of drug-likeness (QED) is 0.0717. The van der Waals surface area contributed by atoms with Crippen LogP contribution in [0.15, 0.2) is 4.99 Å². The number of rotatable bonds is 15. The molecule has 33 heavy (non-hydrogen) atoms. The standard InChI is InChI=1S/C20H39N7O6/c1-10(2)8-13(26-18(31)15(21)11(3)4)17(30)25-12(6-5-7-24-20(22)23)16(29)27-14(9-28)19(32)33/h10-15,28H,5-9,21H2,1-4H3,(H,25,30)(H,26,31)(H,27,29)(H,32,33)(H4,22,23,24). The number of nitrogens with one attached hydrogen (secondary N) is 3. The first-order chi connectivity index (χ1) is 15.3. The smallest absolute Gasteiger partial charge is 0.328 e. The summed E-state index contributed by atoms with van der Waals surface area (Å²) in [6.45, 7) is 6.64. The highest BCUT2D eigenvalue weighted by atomic mass is 16.4. The summed E-state index contributed by atoms with van der Waals surface area (Å²) in [6, 6.07) is -4.45. The van der Waals surface area contributed by atoms with Crippen molar-refractivity contribution < 1.29 is 29.4 Å². The highest BCUT2D eigenvalue weighted by Crippen LogP contribution is 2.09. The predicted octanol–water partition coefficient (Wildman–Crippen LogP) is -2.40. The molecule has 0 aromatic carbocycles. The summed E-state index contributed by atoms with van der Waals surface area (Å²) in [5.41, 5.74) is 16.4. The van der Waals surface area contributed by atoms with Gasteiger partial charge >= 0.3 is 5.97 Å². The van der Waals surface area contributed by atoms with Crippen LogP contribution in [0.4, 0.5) is 0 Å². The van der Waals surface area contributed by atoms with Crippen LogP contribution in [0.5, 0.6) is 0 Å².